The molecule has 0 radical (unpaired) electrons. The van der Waals surface area contributed by atoms with E-state index in [2.05, 4.69) is 15.9 Å². The molecule has 0 aliphatic carbocycles. The molecule has 7 heteroatoms. The van der Waals surface area contributed by atoms with Gasteiger partial charge in [0.2, 0.25) is 0 Å². The molecular formula is C12H5BrN4O2. The highest BCUT2D eigenvalue weighted by atomic mass is 79.9. The zero-order valence-electron chi connectivity index (χ0n) is 9.35. The van der Waals surface area contributed by atoms with E-state index in [1.54, 1.807) is 18.2 Å². The molecule has 2 aromatic rings. The molecule has 1 heterocycles. The molecular weight excluding hydrogens is 312 g/mol. The Bertz CT molecular complexity index is 852. The van der Waals surface area contributed by atoms with Gasteiger partial charge in [0.15, 0.2) is 0 Å². The van der Waals surface area contributed by atoms with E-state index in [4.69, 9.17) is 10.5 Å². The second-order valence-corrected chi connectivity index (χ2v) is 4.47. The van der Waals surface area contributed by atoms with Gasteiger partial charge in [0.25, 0.3) is 5.56 Å². The van der Waals surface area contributed by atoms with Crippen molar-refractivity contribution in [3.63, 3.8) is 0 Å². The maximum absolute atomic E-state index is 11.8. The zero-order chi connectivity index (χ0) is 14.0. The summed E-state index contributed by atoms with van der Waals surface area (Å²) >= 11 is 3.24. The van der Waals surface area contributed by atoms with Gasteiger partial charge in [-0.2, -0.15) is 10.5 Å². The Kier molecular flexibility index (Phi) is 3.32. The molecule has 0 aliphatic heterocycles. The summed E-state index contributed by atoms with van der Waals surface area (Å²) in [5.74, 6) is 0. The van der Waals surface area contributed by atoms with Crippen molar-refractivity contribution in [3.05, 3.63) is 60.8 Å². The monoisotopic (exact) mass is 316 g/mol. The molecule has 19 heavy (non-hydrogen) atoms. The molecule has 1 N–H and O–H groups in total. The van der Waals surface area contributed by atoms with Crippen LogP contribution >= 0.6 is 15.9 Å². The summed E-state index contributed by atoms with van der Waals surface area (Å²) in [6.07, 6.45) is 1.11. The highest BCUT2D eigenvalue weighted by Gasteiger charge is 2.10. The summed E-state index contributed by atoms with van der Waals surface area (Å²) in [4.78, 5) is 25.1. The number of aromatic amines is 1. The topological polar surface area (TPSA) is 102 Å². The number of hydrogen-bond acceptors (Lipinski definition) is 4. The molecule has 2 rings (SSSR count). The second kappa shape index (κ2) is 4.92. The summed E-state index contributed by atoms with van der Waals surface area (Å²) in [6.45, 7) is 0. The molecule has 0 saturated heterocycles. The van der Waals surface area contributed by atoms with Crippen molar-refractivity contribution < 1.29 is 0 Å². The largest absolute Gasteiger partial charge is 0.333 e. The molecule has 0 fully saturated rings. The lowest BCUT2D eigenvalue weighted by Gasteiger charge is -2.07. The number of H-pyrrole nitrogens is 1. The lowest BCUT2D eigenvalue weighted by atomic mass is 10.2. The summed E-state index contributed by atoms with van der Waals surface area (Å²) in [7, 11) is 0. The first-order valence-electron chi connectivity index (χ1n) is 5.03. The Morgan fingerprint density at radius 1 is 1.16 bits per heavy atom. The SMILES string of the molecule is N#Cc1ccc(Br)cc1-n1cc(C#N)c(=O)[nH]c1=O. The molecule has 0 saturated carbocycles. The van der Waals surface area contributed by atoms with Gasteiger partial charge in [0, 0.05) is 10.7 Å². The van der Waals surface area contributed by atoms with E-state index in [0.717, 1.165) is 10.8 Å². The fourth-order valence-corrected chi connectivity index (χ4v) is 1.88. The van der Waals surface area contributed by atoms with Gasteiger partial charge < -0.3 is 0 Å². The van der Waals surface area contributed by atoms with Crippen LogP contribution in [-0.4, -0.2) is 9.55 Å². The first kappa shape index (κ1) is 12.8. The third kappa shape index (κ3) is 2.32. The average Bonchev–Trinajstić information content (AvgIpc) is 2.39. The number of benzene rings is 1. The summed E-state index contributed by atoms with van der Waals surface area (Å²) < 4.78 is 1.72. The molecule has 0 aliphatic rings. The first-order valence-corrected chi connectivity index (χ1v) is 5.82. The van der Waals surface area contributed by atoms with Crippen LogP contribution in [0.1, 0.15) is 11.1 Å². The first-order chi connectivity index (χ1) is 9.06. The van der Waals surface area contributed by atoms with E-state index in [9.17, 15) is 9.59 Å². The minimum atomic E-state index is -0.753. The lowest BCUT2D eigenvalue weighted by molar-refractivity contribution is 0.886. The van der Waals surface area contributed by atoms with Gasteiger partial charge in [-0.3, -0.25) is 14.3 Å². The quantitative estimate of drug-likeness (QED) is 0.848. The number of nitrogens with one attached hydrogen (secondary N) is 1. The van der Waals surface area contributed by atoms with Crippen LogP contribution in [0, 0.1) is 22.7 Å². The van der Waals surface area contributed by atoms with E-state index in [0.29, 0.717) is 4.47 Å². The fourth-order valence-electron chi connectivity index (χ4n) is 1.53. The van der Waals surface area contributed by atoms with E-state index < -0.39 is 11.2 Å². The summed E-state index contributed by atoms with van der Waals surface area (Å²) in [5.41, 5.74) is -1.13. The minimum Gasteiger partial charge on any atom is -0.273 e. The van der Waals surface area contributed by atoms with Gasteiger partial charge in [0.05, 0.1) is 11.3 Å². The maximum Gasteiger partial charge on any atom is 0.333 e. The van der Waals surface area contributed by atoms with E-state index in [-0.39, 0.29) is 16.8 Å². The van der Waals surface area contributed by atoms with Gasteiger partial charge in [-0.05, 0) is 18.2 Å². The van der Waals surface area contributed by atoms with Crippen LogP contribution in [0.3, 0.4) is 0 Å². The maximum atomic E-state index is 11.8. The number of halogens is 1. The molecule has 0 amide bonds. The Morgan fingerprint density at radius 2 is 1.84 bits per heavy atom. The van der Waals surface area contributed by atoms with Crippen LogP contribution in [0.15, 0.2) is 38.5 Å². The average molecular weight is 317 g/mol. The van der Waals surface area contributed by atoms with Crippen LogP contribution < -0.4 is 11.2 Å². The summed E-state index contributed by atoms with van der Waals surface area (Å²) in [6, 6.07) is 8.37. The molecule has 1 aromatic heterocycles. The van der Waals surface area contributed by atoms with Crippen molar-refractivity contribution >= 4 is 15.9 Å². The highest BCUT2D eigenvalue weighted by Crippen LogP contribution is 2.18. The van der Waals surface area contributed by atoms with Crippen molar-refractivity contribution in [3.8, 4) is 17.8 Å². The fraction of sp³-hybridized carbons (Fsp3) is 0. The van der Waals surface area contributed by atoms with Crippen molar-refractivity contribution in [2.45, 2.75) is 0 Å². The molecule has 6 nitrogen and oxygen atoms in total. The van der Waals surface area contributed by atoms with Crippen molar-refractivity contribution in [2.24, 2.45) is 0 Å². The summed E-state index contributed by atoms with van der Waals surface area (Å²) in [5, 5.41) is 17.8. The predicted molar refractivity (Wildman–Crippen MR) is 69.8 cm³/mol. The third-order valence-corrected chi connectivity index (χ3v) is 2.90. The second-order valence-electron chi connectivity index (χ2n) is 3.56. The standard InChI is InChI=1S/C12H5BrN4O2/c13-9-2-1-7(4-14)10(3-9)17-6-8(5-15)11(18)16-12(17)19/h1-3,6H,(H,16,18,19). The predicted octanol–water partition coefficient (Wildman–Crippen LogP) is 1.03. The Morgan fingerprint density at radius 3 is 2.47 bits per heavy atom. The molecule has 1 aromatic carbocycles. The van der Waals surface area contributed by atoms with E-state index in [1.165, 1.54) is 6.07 Å². The number of hydrogen-bond donors (Lipinski definition) is 1. The van der Waals surface area contributed by atoms with Crippen molar-refractivity contribution in [2.75, 3.05) is 0 Å². The molecule has 0 unspecified atom stereocenters. The van der Waals surface area contributed by atoms with Crippen LogP contribution in [0.5, 0.6) is 0 Å². The zero-order valence-corrected chi connectivity index (χ0v) is 10.9. The van der Waals surface area contributed by atoms with E-state index in [1.807, 2.05) is 11.1 Å². The van der Waals surface area contributed by atoms with Crippen LogP contribution in [0.25, 0.3) is 5.69 Å². The highest BCUT2D eigenvalue weighted by molar-refractivity contribution is 9.10. The smallest absolute Gasteiger partial charge is 0.273 e. The molecule has 0 atom stereocenters. The van der Waals surface area contributed by atoms with Gasteiger partial charge >= 0.3 is 5.69 Å². The van der Waals surface area contributed by atoms with Crippen LogP contribution in [0.4, 0.5) is 0 Å². The Hall–Kier alpha value is -2.64. The normalized spacial score (nSPS) is 9.63. The Labute approximate surface area is 115 Å². The van der Waals surface area contributed by atoms with Crippen molar-refractivity contribution in [1.82, 2.24) is 9.55 Å². The third-order valence-electron chi connectivity index (χ3n) is 2.40. The Balaban J connectivity index is 2.84. The van der Waals surface area contributed by atoms with E-state index >= 15 is 0 Å². The molecule has 0 spiro atoms. The molecule has 92 valence electrons. The van der Waals surface area contributed by atoms with Crippen LogP contribution in [0.2, 0.25) is 0 Å². The number of nitriles is 2. The van der Waals surface area contributed by atoms with Crippen molar-refractivity contribution in [1.29, 1.82) is 10.5 Å². The lowest BCUT2D eigenvalue weighted by Crippen LogP contribution is -2.30. The minimum absolute atomic E-state index is 0.205. The van der Waals surface area contributed by atoms with Gasteiger partial charge in [0.1, 0.15) is 17.7 Å². The molecule has 0 bridgehead atoms. The number of aromatic nitrogens is 2. The van der Waals surface area contributed by atoms with Gasteiger partial charge in [-0.15, -0.1) is 0 Å². The van der Waals surface area contributed by atoms with Gasteiger partial charge in [-0.25, -0.2) is 4.79 Å². The van der Waals surface area contributed by atoms with Gasteiger partial charge in [-0.1, -0.05) is 15.9 Å². The number of rotatable bonds is 1. The van der Waals surface area contributed by atoms with Crippen LogP contribution in [-0.2, 0) is 0 Å². The number of nitrogens with zero attached hydrogens (tertiary/aromatic N) is 3.